The van der Waals surface area contributed by atoms with Crippen molar-refractivity contribution in [3.63, 3.8) is 0 Å². The van der Waals surface area contributed by atoms with Crippen molar-refractivity contribution in [1.29, 1.82) is 0 Å². The van der Waals surface area contributed by atoms with Crippen molar-refractivity contribution in [2.75, 3.05) is 6.54 Å². The van der Waals surface area contributed by atoms with E-state index in [2.05, 4.69) is 4.72 Å². The summed E-state index contributed by atoms with van der Waals surface area (Å²) in [5.41, 5.74) is -0.0742. The first-order valence-corrected chi connectivity index (χ1v) is 5.78. The Labute approximate surface area is 101 Å². The highest BCUT2D eigenvalue weighted by Crippen LogP contribution is 2.31. The zero-order valence-corrected chi connectivity index (χ0v) is 9.50. The Bertz CT molecular complexity index is 481. The molecule has 1 aliphatic rings. The van der Waals surface area contributed by atoms with Crippen LogP contribution < -0.4 is 4.72 Å². The van der Waals surface area contributed by atoms with E-state index in [4.69, 9.17) is 0 Å². The summed E-state index contributed by atoms with van der Waals surface area (Å²) in [4.78, 5) is 21.4. The van der Waals surface area contributed by atoms with Crippen LogP contribution in [-0.4, -0.2) is 16.6 Å². The number of nitrogens with one attached hydrogen (secondary N) is 1. The van der Waals surface area contributed by atoms with Crippen LogP contribution >= 0.6 is 11.9 Å². The van der Waals surface area contributed by atoms with Crippen molar-refractivity contribution in [3.05, 3.63) is 39.7 Å². The number of hydrogen-bond acceptors (Lipinski definition) is 5. The van der Waals surface area contributed by atoms with Crippen LogP contribution in [0, 0.1) is 15.9 Å². The maximum Gasteiger partial charge on any atom is 0.272 e. The topological polar surface area (TPSA) is 72.2 Å². The molecule has 1 heterocycles. The second kappa shape index (κ2) is 4.80. The number of halogens is 1. The molecule has 7 heteroatoms. The summed E-state index contributed by atoms with van der Waals surface area (Å²) in [7, 11) is 0. The van der Waals surface area contributed by atoms with Crippen LogP contribution in [0.2, 0.25) is 0 Å². The fourth-order valence-corrected chi connectivity index (χ4v) is 2.46. The molecule has 0 spiro atoms. The number of nitro benzene ring substituents is 1. The predicted octanol–water partition coefficient (Wildman–Crippen LogP) is 1.99. The highest BCUT2D eigenvalue weighted by Gasteiger charge is 2.28. The van der Waals surface area contributed by atoms with Crippen molar-refractivity contribution in [2.45, 2.75) is 12.3 Å². The fraction of sp³-hybridized carbons (Fsp3) is 0.300. The average Bonchev–Trinajstić information content (AvgIpc) is 2.30. The van der Waals surface area contributed by atoms with Gasteiger partial charge in [0, 0.05) is 12.6 Å². The molecule has 0 saturated carbocycles. The summed E-state index contributed by atoms with van der Waals surface area (Å²) >= 11 is 0.951. The molecule has 0 bridgehead atoms. The third-order valence-corrected chi connectivity index (χ3v) is 3.40. The van der Waals surface area contributed by atoms with Crippen molar-refractivity contribution in [1.82, 2.24) is 4.72 Å². The molecule has 1 aromatic rings. The molecule has 5 nitrogen and oxygen atoms in total. The third kappa shape index (κ3) is 2.45. The zero-order valence-electron chi connectivity index (χ0n) is 8.68. The lowest BCUT2D eigenvalue weighted by atomic mass is 9.96. The quantitative estimate of drug-likeness (QED) is 0.497. The van der Waals surface area contributed by atoms with E-state index in [1.807, 2.05) is 0 Å². The molecular formula is C10H9FN2O3S. The van der Waals surface area contributed by atoms with Gasteiger partial charge in [0.1, 0.15) is 5.82 Å². The highest BCUT2D eigenvalue weighted by atomic mass is 32.2. The monoisotopic (exact) mass is 256 g/mol. The summed E-state index contributed by atoms with van der Waals surface area (Å²) in [6.45, 7) is 0.609. The van der Waals surface area contributed by atoms with Gasteiger partial charge in [-0.15, -0.1) is 0 Å². The molecule has 0 aliphatic carbocycles. The predicted molar refractivity (Wildman–Crippen MR) is 61.0 cm³/mol. The smallest absolute Gasteiger partial charge is 0.272 e. The second-order valence-corrected chi connectivity index (χ2v) is 4.51. The number of carbonyl (C=O) groups excluding carboxylic acids is 1. The van der Waals surface area contributed by atoms with Crippen LogP contribution in [0.3, 0.4) is 0 Å². The lowest BCUT2D eigenvalue weighted by Gasteiger charge is -2.20. The molecule has 1 atom stereocenters. The number of rotatable bonds is 2. The zero-order chi connectivity index (χ0) is 12.4. The summed E-state index contributed by atoms with van der Waals surface area (Å²) < 4.78 is 16.5. The SMILES string of the molecule is O=C1SNCCC1c1ccc([N+](=O)[O-])cc1F. The number of benzene rings is 1. The Balaban J connectivity index is 2.32. The summed E-state index contributed by atoms with van der Waals surface area (Å²) in [6.07, 6.45) is 0.501. The Kier molecular flexibility index (Phi) is 3.39. The van der Waals surface area contributed by atoms with E-state index in [1.165, 1.54) is 12.1 Å². The van der Waals surface area contributed by atoms with E-state index in [1.54, 1.807) is 0 Å². The minimum atomic E-state index is -0.694. The molecule has 0 radical (unpaired) electrons. The standard InChI is InChI=1S/C10H9FN2O3S/c11-9-5-6(13(15)16)1-2-7(9)8-3-4-12-17-10(8)14/h1-2,5,8,12H,3-4H2. The Morgan fingerprint density at radius 2 is 2.29 bits per heavy atom. The molecule has 1 saturated heterocycles. The maximum atomic E-state index is 13.7. The van der Waals surface area contributed by atoms with Gasteiger partial charge in [0.25, 0.3) is 5.69 Å². The molecule has 1 N–H and O–H groups in total. The van der Waals surface area contributed by atoms with Crippen molar-refractivity contribution in [3.8, 4) is 0 Å². The summed E-state index contributed by atoms with van der Waals surface area (Å²) in [5, 5.41) is 10.3. The van der Waals surface area contributed by atoms with Crippen molar-refractivity contribution in [2.24, 2.45) is 0 Å². The highest BCUT2D eigenvalue weighted by molar-refractivity contribution is 8.12. The van der Waals surface area contributed by atoms with Gasteiger partial charge in [0.2, 0.25) is 5.12 Å². The average molecular weight is 256 g/mol. The lowest BCUT2D eigenvalue weighted by molar-refractivity contribution is -0.385. The van der Waals surface area contributed by atoms with E-state index < -0.39 is 16.7 Å². The molecule has 0 aromatic heterocycles. The molecule has 2 rings (SSSR count). The molecular weight excluding hydrogens is 247 g/mol. The molecule has 0 amide bonds. The molecule has 1 aromatic carbocycles. The third-order valence-electron chi connectivity index (χ3n) is 2.56. The first kappa shape index (κ1) is 12.0. The Morgan fingerprint density at radius 3 is 2.88 bits per heavy atom. The fourth-order valence-electron chi connectivity index (χ4n) is 1.71. The normalized spacial score (nSPS) is 20.3. The minimum absolute atomic E-state index is 0.163. The molecule has 90 valence electrons. The van der Waals surface area contributed by atoms with Crippen LogP contribution in [0.4, 0.5) is 10.1 Å². The van der Waals surface area contributed by atoms with Crippen LogP contribution in [0.1, 0.15) is 17.9 Å². The molecule has 17 heavy (non-hydrogen) atoms. The van der Waals surface area contributed by atoms with E-state index in [0.717, 1.165) is 18.0 Å². The van der Waals surface area contributed by atoms with Gasteiger partial charge < -0.3 is 0 Å². The Hall–Kier alpha value is -1.47. The summed E-state index contributed by atoms with van der Waals surface area (Å²) in [6, 6.07) is 3.40. The molecule has 1 aliphatic heterocycles. The van der Waals surface area contributed by atoms with Gasteiger partial charge in [-0.2, -0.15) is 0 Å². The van der Waals surface area contributed by atoms with Gasteiger partial charge in [-0.05, 0) is 30.0 Å². The van der Waals surface area contributed by atoms with Gasteiger partial charge in [-0.3, -0.25) is 19.6 Å². The minimum Gasteiger partial charge on any atom is -0.285 e. The van der Waals surface area contributed by atoms with Crippen molar-refractivity contribution >= 4 is 22.8 Å². The van der Waals surface area contributed by atoms with Crippen LogP contribution in [0.5, 0.6) is 0 Å². The van der Waals surface area contributed by atoms with Crippen LogP contribution in [0.15, 0.2) is 18.2 Å². The van der Waals surface area contributed by atoms with E-state index in [-0.39, 0.29) is 16.4 Å². The van der Waals surface area contributed by atoms with Crippen molar-refractivity contribution < 1.29 is 14.1 Å². The Morgan fingerprint density at radius 1 is 1.53 bits per heavy atom. The number of hydrogen-bond donors (Lipinski definition) is 1. The van der Waals surface area contributed by atoms with Gasteiger partial charge in [0.05, 0.1) is 16.9 Å². The molecule has 1 fully saturated rings. The van der Waals surface area contributed by atoms with Gasteiger partial charge in [0.15, 0.2) is 0 Å². The van der Waals surface area contributed by atoms with Crippen LogP contribution in [0.25, 0.3) is 0 Å². The van der Waals surface area contributed by atoms with Gasteiger partial charge in [-0.1, -0.05) is 0 Å². The largest absolute Gasteiger partial charge is 0.285 e. The van der Waals surface area contributed by atoms with E-state index in [9.17, 15) is 19.3 Å². The van der Waals surface area contributed by atoms with Gasteiger partial charge >= 0.3 is 0 Å². The first-order valence-electron chi connectivity index (χ1n) is 4.97. The first-order chi connectivity index (χ1) is 8.09. The maximum absolute atomic E-state index is 13.7. The number of nitrogens with zero attached hydrogens (tertiary/aromatic N) is 1. The van der Waals surface area contributed by atoms with E-state index >= 15 is 0 Å². The number of non-ortho nitro benzene ring substituents is 1. The summed E-state index contributed by atoms with van der Waals surface area (Å²) in [5.74, 6) is -1.22. The number of carbonyl (C=O) groups is 1. The number of nitro groups is 1. The van der Waals surface area contributed by atoms with Gasteiger partial charge in [-0.25, -0.2) is 4.39 Å². The van der Waals surface area contributed by atoms with E-state index in [0.29, 0.717) is 13.0 Å². The molecule has 1 unspecified atom stereocenters. The lowest BCUT2D eigenvalue weighted by Crippen LogP contribution is -2.25. The second-order valence-electron chi connectivity index (χ2n) is 3.62. The van der Waals surface area contributed by atoms with Crippen LogP contribution in [-0.2, 0) is 4.79 Å².